The number of aryl methyl sites for hydroxylation is 4. The van der Waals surface area contributed by atoms with Crippen molar-refractivity contribution in [3.8, 4) is 11.1 Å². The maximum absolute atomic E-state index is 2.35. The van der Waals surface area contributed by atoms with Crippen LogP contribution >= 0.6 is 0 Å². The van der Waals surface area contributed by atoms with Crippen LogP contribution in [0.2, 0.25) is 0 Å². The van der Waals surface area contributed by atoms with Gasteiger partial charge in [-0.15, -0.1) is 0 Å². The van der Waals surface area contributed by atoms with E-state index in [-0.39, 0.29) is 0 Å². The second-order valence-corrected chi connectivity index (χ2v) is 11.1. The van der Waals surface area contributed by atoms with Gasteiger partial charge < -0.3 is 9.80 Å². The third-order valence-electron chi connectivity index (χ3n) is 7.75. The lowest BCUT2D eigenvalue weighted by Crippen LogP contribution is -2.11. The van der Waals surface area contributed by atoms with Gasteiger partial charge in [-0.3, -0.25) is 0 Å². The van der Waals surface area contributed by atoms with Crippen LogP contribution in [0.1, 0.15) is 22.3 Å². The van der Waals surface area contributed by atoms with Crippen LogP contribution in [0.5, 0.6) is 0 Å². The predicted octanol–water partition coefficient (Wildman–Crippen LogP) is 11.5. The van der Waals surface area contributed by atoms with Gasteiger partial charge in [0.25, 0.3) is 0 Å². The number of hydrogen-bond acceptors (Lipinski definition) is 2. The van der Waals surface area contributed by atoms with E-state index in [9.17, 15) is 0 Å². The minimum absolute atomic E-state index is 1.12. The van der Waals surface area contributed by atoms with Crippen LogP contribution in [0.3, 0.4) is 0 Å². The molecule has 6 aromatic rings. The van der Waals surface area contributed by atoms with Crippen molar-refractivity contribution < 1.29 is 0 Å². The first-order valence-electron chi connectivity index (χ1n) is 14.5. The summed E-state index contributed by atoms with van der Waals surface area (Å²) in [6.07, 6.45) is 0. The van der Waals surface area contributed by atoms with Gasteiger partial charge in [-0.2, -0.15) is 0 Å². The molecule has 0 heterocycles. The summed E-state index contributed by atoms with van der Waals surface area (Å²) in [7, 11) is 0. The van der Waals surface area contributed by atoms with Crippen molar-refractivity contribution in [2.75, 3.05) is 9.80 Å². The molecule has 6 rings (SSSR count). The highest BCUT2D eigenvalue weighted by atomic mass is 15.1. The van der Waals surface area contributed by atoms with Crippen molar-refractivity contribution in [2.45, 2.75) is 27.7 Å². The van der Waals surface area contributed by atoms with Crippen LogP contribution in [0.15, 0.2) is 146 Å². The van der Waals surface area contributed by atoms with Gasteiger partial charge in [-0.1, -0.05) is 101 Å². The summed E-state index contributed by atoms with van der Waals surface area (Å²) in [5.74, 6) is 0. The van der Waals surface area contributed by atoms with Gasteiger partial charge in [0.1, 0.15) is 0 Å². The fourth-order valence-corrected chi connectivity index (χ4v) is 5.35. The standard InChI is InChI=1S/C40H36N2/c1-29-9-19-34(20-10-29)41(35-21-11-30(2)12-22-35)36-27-17-33(18-28-36)39-7-5-6-8-40(39)42(37-23-13-31(3)14-24-37)38-25-15-32(4)16-26-38/h5-28H,1-4H3. The van der Waals surface area contributed by atoms with Crippen molar-refractivity contribution in [3.05, 3.63) is 168 Å². The van der Waals surface area contributed by atoms with Crippen LogP contribution in [-0.2, 0) is 0 Å². The highest BCUT2D eigenvalue weighted by molar-refractivity contribution is 5.89. The van der Waals surface area contributed by atoms with E-state index in [0.717, 1.165) is 34.1 Å². The molecular formula is C40H36N2. The zero-order valence-corrected chi connectivity index (χ0v) is 24.8. The molecule has 0 amide bonds. The predicted molar refractivity (Wildman–Crippen MR) is 180 cm³/mol. The molecule has 0 bridgehead atoms. The maximum Gasteiger partial charge on any atom is 0.0540 e. The Balaban J connectivity index is 1.43. The molecular weight excluding hydrogens is 508 g/mol. The van der Waals surface area contributed by atoms with Crippen LogP contribution < -0.4 is 9.80 Å². The van der Waals surface area contributed by atoms with Crippen LogP contribution in [0.25, 0.3) is 11.1 Å². The van der Waals surface area contributed by atoms with E-state index in [2.05, 4.69) is 183 Å². The Hall–Kier alpha value is -5.08. The van der Waals surface area contributed by atoms with E-state index in [1.54, 1.807) is 0 Å². The van der Waals surface area contributed by atoms with E-state index in [0.29, 0.717) is 0 Å². The summed E-state index contributed by atoms with van der Waals surface area (Å²) >= 11 is 0. The number of benzene rings is 6. The monoisotopic (exact) mass is 544 g/mol. The molecule has 2 heteroatoms. The average Bonchev–Trinajstić information content (AvgIpc) is 3.02. The van der Waals surface area contributed by atoms with E-state index in [1.165, 1.54) is 33.4 Å². The maximum atomic E-state index is 2.35. The molecule has 2 nitrogen and oxygen atoms in total. The Labute approximate surface area is 250 Å². The van der Waals surface area contributed by atoms with Crippen molar-refractivity contribution in [1.29, 1.82) is 0 Å². The third-order valence-corrected chi connectivity index (χ3v) is 7.75. The van der Waals surface area contributed by atoms with E-state index < -0.39 is 0 Å². The average molecular weight is 545 g/mol. The summed E-state index contributed by atoms with van der Waals surface area (Å²) in [5, 5.41) is 0. The highest BCUT2D eigenvalue weighted by Gasteiger charge is 2.18. The van der Waals surface area contributed by atoms with Gasteiger partial charge in [0, 0.05) is 34.0 Å². The van der Waals surface area contributed by atoms with Crippen molar-refractivity contribution in [3.63, 3.8) is 0 Å². The van der Waals surface area contributed by atoms with E-state index in [4.69, 9.17) is 0 Å². The molecule has 0 atom stereocenters. The number of para-hydroxylation sites is 1. The largest absolute Gasteiger partial charge is 0.311 e. The Morgan fingerprint density at radius 3 is 1.00 bits per heavy atom. The van der Waals surface area contributed by atoms with Gasteiger partial charge in [-0.25, -0.2) is 0 Å². The second kappa shape index (κ2) is 11.8. The normalized spacial score (nSPS) is 10.9. The molecule has 0 radical (unpaired) electrons. The molecule has 0 saturated heterocycles. The molecule has 0 N–H and O–H groups in total. The lowest BCUT2D eigenvalue weighted by atomic mass is 10.0. The zero-order valence-electron chi connectivity index (χ0n) is 24.8. The molecule has 0 aromatic heterocycles. The number of rotatable bonds is 7. The number of anilines is 6. The molecule has 0 fully saturated rings. The van der Waals surface area contributed by atoms with E-state index in [1.807, 2.05) is 0 Å². The summed E-state index contributed by atoms with van der Waals surface area (Å²) in [6.45, 7) is 8.52. The third kappa shape index (κ3) is 5.70. The van der Waals surface area contributed by atoms with Gasteiger partial charge >= 0.3 is 0 Å². The minimum Gasteiger partial charge on any atom is -0.311 e. The Kier molecular flexibility index (Phi) is 7.62. The SMILES string of the molecule is Cc1ccc(N(c2ccc(C)cc2)c2ccc(-c3ccccc3N(c3ccc(C)cc3)c3ccc(C)cc3)cc2)cc1. The summed E-state index contributed by atoms with van der Waals surface area (Å²) in [5.41, 5.74) is 14.2. The van der Waals surface area contributed by atoms with Crippen molar-refractivity contribution in [2.24, 2.45) is 0 Å². The molecule has 0 aliphatic heterocycles. The first kappa shape index (κ1) is 27.1. The molecule has 0 spiro atoms. The fraction of sp³-hybridized carbons (Fsp3) is 0.100. The van der Waals surface area contributed by atoms with Gasteiger partial charge in [0.15, 0.2) is 0 Å². The zero-order chi connectivity index (χ0) is 29.1. The topological polar surface area (TPSA) is 6.48 Å². The molecule has 206 valence electrons. The minimum atomic E-state index is 1.12. The lowest BCUT2D eigenvalue weighted by Gasteiger charge is -2.28. The first-order valence-corrected chi connectivity index (χ1v) is 14.5. The molecule has 0 aliphatic carbocycles. The molecule has 0 saturated carbocycles. The van der Waals surface area contributed by atoms with Crippen LogP contribution in [-0.4, -0.2) is 0 Å². The Bertz CT molecular complexity index is 1670. The number of hydrogen-bond donors (Lipinski definition) is 0. The lowest BCUT2D eigenvalue weighted by molar-refractivity contribution is 1.26. The van der Waals surface area contributed by atoms with Crippen LogP contribution in [0, 0.1) is 27.7 Å². The molecule has 42 heavy (non-hydrogen) atoms. The van der Waals surface area contributed by atoms with Gasteiger partial charge in [0.05, 0.1) is 5.69 Å². The summed E-state index contributed by atoms with van der Waals surface area (Å²) in [6, 6.07) is 52.6. The Morgan fingerprint density at radius 2 is 0.619 bits per heavy atom. The smallest absolute Gasteiger partial charge is 0.0540 e. The molecule has 0 unspecified atom stereocenters. The van der Waals surface area contributed by atoms with Gasteiger partial charge in [0.2, 0.25) is 0 Å². The van der Waals surface area contributed by atoms with Gasteiger partial charge in [-0.05, 0) is 100.0 Å². The summed E-state index contributed by atoms with van der Waals surface area (Å²) < 4.78 is 0. The quantitative estimate of drug-likeness (QED) is 0.197. The van der Waals surface area contributed by atoms with E-state index >= 15 is 0 Å². The number of nitrogens with zero attached hydrogens (tertiary/aromatic N) is 2. The molecule has 6 aromatic carbocycles. The van der Waals surface area contributed by atoms with Crippen molar-refractivity contribution in [1.82, 2.24) is 0 Å². The van der Waals surface area contributed by atoms with Crippen LogP contribution in [0.4, 0.5) is 34.1 Å². The second-order valence-electron chi connectivity index (χ2n) is 11.1. The highest BCUT2D eigenvalue weighted by Crippen LogP contribution is 2.42. The Morgan fingerprint density at radius 1 is 0.310 bits per heavy atom. The van der Waals surface area contributed by atoms with Crippen molar-refractivity contribution >= 4 is 34.1 Å². The molecule has 0 aliphatic rings. The fourth-order valence-electron chi connectivity index (χ4n) is 5.35. The summed E-state index contributed by atoms with van der Waals surface area (Å²) in [4.78, 5) is 4.67. The first-order chi connectivity index (χ1) is 20.5.